The molecule has 1 rings (SSSR count). The van der Waals surface area contributed by atoms with E-state index in [4.69, 9.17) is 5.73 Å². The predicted molar refractivity (Wildman–Crippen MR) is 92.2 cm³/mol. The van der Waals surface area contributed by atoms with Gasteiger partial charge in [-0.25, -0.2) is 4.98 Å². The maximum Gasteiger partial charge on any atom is 0.188 e. The van der Waals surface area contributed by atoms with Crippen LogP contribution >= 0.6 is 47.1 Å². The molecule has 0 aromatic carbocycles. The smallest absolute Gasteiger partial charge is 0.188 e. The van der Waals surface area contributed by atoms with Gasteiger partial charge in [0.2, 0.25) is 0 Å². The van der Waals surface area contributed by atoms with Crippen molar-refractivity contribution >= 4 is 53.0 Å². The third kappa shape index (κ3) is 8.98. The first kappa shape index (κ1) is 18.0. The van der Waals surface area contributed by atoms with Gasteiger partial charge in [-0.3, -0.25) is 4.99 Å². The molecule has 0 spiro atoms. The van der Waals surface area contributed by atoms with Crippen molar-refractivity contribution < 1.29 is 0 Å². The Labute approximate surface area is 134 Å². The number of hydrogen-bond donors (Lipinski definition) is 2. The number of thioether (sulfide) groups is 1. The van der Waals surface area contributed by atoms with Crippen LogP contribution in [0.15, 0.2) is 20.9 Å². The first-order valence-corrected chi connectivity index (χ1v) is 7.44. The minimum Gasteiger partial charge on any atom is -0.370 e. The minimum atomic E-state index is -0.0246. The molecule has 0 aliphatic rings. The molecule has 1 aromatic heterocycles. The van der Waals surface area contributed by atoms with Crippen LogP contribution in [0, 0.1) is 0 Å². The molecule has 1 aromatic rings. The van der Waals surface area contributed by atoms with Gasteiger partial charge in [0.05, 0.1) is 0 Å². The maximum absolute atomic E-state index is 5.76. The second-order valence-electron chi connectivity index (χ2n) is 4.64. The molecule has 0 saturated heterocycles. The summed E-state index contributed by atoms with van der Waals surface area (Å²) in [4.78, 5) is 8.49. The topological polar surface area (TPSA) is 63.3 Å². The first-order chi connectivity index (χ1) is 7.97. The molecule has 0 atom stereocenters. The molecule has 7 heteroatoms. The van der Waals surface area contributed by atoms with Crippen LogP contribution in [0.4, 0.5) is 0 Å². The Hall–Kier alpha value is -0.0200. The van der Waals surface area contributed by atoms with Crippen molar-refractivity contribution in [3.63, 3.8) is 0 Å². The van der Waals surface area contributed by atoms with Gasteiger partial charge in [0.1, 0.15) is 4.34 Å². The third-order valence-corrected chi connectivity index (χ3v) is 3.78. The van der Waals surface area contributed by atoms with Gasteiger partial charge in [0.15, 0.2) is 5.96 Å². The fraction of sp³-hybridized carbons (Fsp3) is 0.636. The molecule has 1 heterocycles. The molecule has 0 bridgehead atoms. The number of halogens is 1. The predicted octanol–water partition coefficient (Wildman–Crippen LogP) is 2.95. The van der Waals surface area contributed by atoms with Crippen LogP contribution in [0.3, 0.4) is 0 Å². The van der Waals surface area contributed by atoms with Gasteiger partial charge in [-0.1, -0.05) is 11.8 Å². The van der Waals surface area contributed by atoms with Crippen LogP contribution < -0.4 is 11.1 Å². The Balaban J connectivity index is 0.00000289. The van der Waals surface area contributed by atoms with Gasteiger partial charge in [0.25, 0.3) is 0 Å². The highest BCUT2D eigenvalue weighted by Gasteiger charge is 2.09. The molecule has 3 N–H and O–H groups in total. The second kappa shape index (κ2) is 8.98. The van der Waals surface area contributed by atoms with Gasteiger partial charge in [-0.15, -0.1) is 35.3 Å². The highest BCUT2D eigenvalue weighted by Crippen LogP contribution is 2.20. The molecule has 0 aliphatic carbocycles. The van der Waals surface area contributed by atoms with Crippen molar-refractivity contribution in [1.82, 2.24) is 10.3 Å². The Morgan fingerprint density at radius 2 is 2.28 bits per heavy atom. The molecule has 0 amide bonds. The van der Waals surface area contributed by atoms with Crippen molar-refractivity contribution in [2.75, 3.05) is 12.3 Å². The van der Waals surface area contributed by atoms with E-state index < -0.39 is 0 Å². The van der Waals surface area contributed by atoms with Crippen LogP contribution in [0.25, 0.3) is 0 Å². The minimum absolute atomic E-state index is 0. The summed E-state index contributed by atoms with van der Waals surface area (Å²) in [5, 5.41) is 5.13. The van der Waals surface area contributed by atoms with Gasteiger partial charge < -0.3 is 11.1 Å². The van der Waals surface area contributed by atoms with Gasteiger partial charge >= 0.3 is 0 Å². The fourth-order valence-electron chi connectivity index (χ4n) is 1.13. The van der Waals surface area contributed by atoms with E-state index in [9.17, 15) is 0 Å². The van der Waals surface area contributed by atoms with Crippen LogP contribution in [-0.4, -0.2) is 28.8 Å². The number of thiazole rings is 1. The summed E-state index contributed by atoms with van der Waals surface area (Å²) in [6.45, 7) is 6.95. The average Bonchev–Trinajstić information content (AvgIpc) is 2.67. The Morgan fingerprint density at radius 3 is 2.83 bits per heavy atom. The van der Waals surface area contributed by atoms with Crippen molar-refractivity contribution in [2.24, 2.45) is 10.7 Å². The van der Waals surface area contributed by atoms with Gasteiger partial charge in [-0.05, 0) is 27.2 Å². The summed E-state index contributed by atoms with van der Waals surface area (Å²) in [5.41, 5.74) is 5.73. The molecular weight excluding hydrogens is 379 g/mol. The monoisotopic (exact) mass is 400 g/mol. The molecule has 4 nitrogen and oxygen atoms in total. The summed E-state index contributed by atoms with van der Waals surface area (Å²) in [7, 11) is 0. The van der Waals surface area contributed by atoms with E-state index in [0.29, 0.717) is 5.96 Å². The first-order valence-electron chi connectivity index (χ1n) is 5.58. The molecule has 0 radical (unpaired) electrons. The maximum atomic E-state index is 5.76. The van der Waals surface area contributed by atoms with E-state index in [1.807, 2.05) is 11.6 Å². The van der Waals surface area contributed by atoms with Crippen molar-refractivity contribution in [3.8, 4) is 0 Å². The Morgan fingerprint density at radius 1 is 1.56 bits per heavy atom. The third-order valence-electron chi connectivity index (χ3n) is 1.72. The number of rotatable bonds is 5. The number of aromatic nitrogens is 1. The van der Waals surface area contributed by atoms with Gasteiger partial charge in [-0.2, -0.15) is 0 Å². The SMILES string of the molecule is CC(C)(C)NC(N)=NCCCSc1nccs1.I. The summed E-state index contributed by atoms with van der Waals surface area (Å²) in [6.07, 6.45) is 2.84. The number of nitrogens with two attached hydrogens (primary N) is 1. The Bertz CT molecular complexity index is 346. The number of nitrogens with zero attached hydrogens (tertiary/aromatic N) is 2. The van der Waals surface area contributed by atoms with Crippen LogP contribution in [0.1, 0.15) is 27.2 Å². The van der Waals surface area contributed by atoms with Crippen LogP contribution in [0.2, 0.25) is 0 Å². The van der Waals surface area contributed by atoms with E-state index in [-0.39, 0.29) is 29.5 Å². The van der Waals surface area contributed by atoms with Crippen molar-refractivity contribution in [3.05, 3.63) is 11.6 Å². The summed E-state index contributed by atoms with van der Waals surface area (Å²) < 4.78 is 1.12. The number of aliphatic imine (C=N–C) groups is 1. The molecule has 0 unspecified atom stereocenters. The molecule has 0 saturated carbocycles. The van der Waals surface area contributed by atoms with E-state index in [2.05, 4.69) is 36.1 Å². The molecule has 104 valence electrons. The van der Waals surface area contributed by atoms with Crippen molar-refractivity contribution in [2.45, 2.75) is 37.1 Å². The summed E-state index contributed by atoms with van der Waals surface area (Å²) in [5.74, 6) is 1.55. The average molecular weight is 400 g/mol. The molecular formula is C11H21IN4S2. The molecule has 18 heavy (non-hydrogen) atoms. The van der Waals surface area contributed by atoms with E-state index in [1.54, 1.807) is 23.1 Å². The lowest BCUT2D eigenvalue weighted by Crippen LogP contribution is -2.45. The zero-order valence-electron chi connectivity index (χ0n) is 11.0. The second-order valence-corrected chi connectivity index (χ2v) is 6.88. The zero-order chi connectivity index (χ0) is 12.7. The normalized spacial score (nSPS) is 12.1. The van der Waals surface area contributed by atoms with Crippen LogP contribution in [-0.2, 0) is 0 Å². The summed E-state index contributed by atoms with van der Waals surface area (Å²) in [6, 6.07) is 0. The van der Waals surface area contributed by atoms with Crippen molar-refractivity contribution in [1.29, 1.82) is 0 Å². The lowest BCUT2D eigenvalue weighted by molar-refractivity contribution is 0.508. The fourth-order valence-corrected chi connectivity index (χ4v) is 2.76. The van der Waals surface area contributed by atoms with E-state index >= 15 is 0 Å². The Kier molecular flexibility index (Phi) is 8.97. The summed E-state index contributed by atoms with van der Waals surface area (Å²) >= 11 is 3.44. The number of hydrogen-bond acceptors (Lipinski definition) is 4. The molecule has 0 fully saturated rings. The van der Waals surface area contributed by atoms with E-state index in [1.165, 1.54) is 0 Å². The largest absolute Gasteiger partial charge is 0.370 e. The quantitative estimate of drug-likeness (QED) is 0.262. The lowest BCUT2D eigenvalue weighted by Gasteiger charge is -2.20. The standard InChI is InChI=1S/C11H20N4S2.HI/c1-11(2,3)15-9(12)13-5-4-7-16-10-14-6-8-17-10;/h6,8H,4-5,7H2,1-3H3,(H3,12,13,15);1H. The van der Waals surface area contributed by atoms with E-state index in [0.717, 1.165) is 23.1 Å². The lowest BCUT2D eigenvalue weighted by atomic mass is 10.1. The highest BCUT2D eigenvalue weighted by atomic mass is 127. The number of guanidine groups is 1. The number of nitrogens with one attached hydrogen (secondary N) is 1. The zero-order valence-corrected chi connectivity index (χ0v) is 14.9. The molecule has 0 aliphatic heterocycles. The van der Waals surface area contributed by atoms with Crippen LogP contribution in [0.5, 0.6) is 0 Å². The van der Waals surface area contributed by atoms with Gasteiger partial charge in [0, 0.05) is 29.4 Å². The highest BCUT2D eigenvalue weighted by molar-refractivity contribution is 14.0.